The first-order valence-electron chi connectivity index (χ1n) is 11.2. The van der Waals surface area contributed by atoms with Crippen LogP contribution >= 0.6 is 11.3 Å². The van der Waals surface area contributed by atoms with Gasteiger partial charge in [0.2, 0.25) is 0 Å². The number of nitrogens with zero attached hydrogens (tertiary/aromatic N) is 3. The Bertz CT molecular complexity index is 1260. The monoisotopic (exact) mass is 486 g/mol. The first-order chi connectivity index (χ1) is 15.8. The molecule has 1 aliphatic rings. The molecular formula is C24H30N4O3S2. The Hall–Kier alpha value is -2.49. The highest BCUT2D eigenvalue weighted by Gasteiger charge is 2.22. The molecule has 0 unspecified atom stereocenters. The normalized spacial score (nSPS) is 15.2. The first-order valence-corrected chi connectivity index (χ1v) is 13.7. The molecule has 3 aromatic rings. The molecule has 176 valence electrons. The predicted molar refractivity (Wildman–Crippen MR) is 134 cm³/mol. The number of carbonyl (C=O) groups excluding carboxylic acids is 1. The summed E-state index contributed by atoms with van der Waals surface area (Å²) in [5.74, 6) is -0.378. The number of anilines is 1. The number of nitrogens with one attached hydrogen (secondary N) is 1. The summed E-state index contributed by atoms with van der Waals surface area (Å²) in [4.78, 5) is 22.3. The Labute approximate surface area is 199 Å². The van der Waals surface area contributed by atoms with Gasteiger partial charge in [-0.15, -0.1) is 0 Å². The highest BCUT2D eigenvalue weighted by atomic mass is 32.2. The van der Waals surface area contributed by atoms with Crippen LogP contribution in [0.5, 0.6) is 0 Å². The lowest BCUT2D eigenvalue weighted by molar-refractivity contribution is 0.0944. The summed E-state index contributed by atoms with van der Waals surface area (Å²) in [5, 5.41) is 3.96. The van der Waals surface area contributed by atoms with Crippen LogP contribution in [0.25, 0.3) is 10.2 Å². The van der Waals surface area contributed by atoms with Crippen molar-refractivity contribution >= 4 is 42.4 Å². The molecule has 0 radical (unpaired) electrons. The molecule has 2 aromatic carbocycles. The molecule has 9 heteroatoms. The van der Waals surface area contributed by atoms with Gasteiger partial charge in [0, 0.05) is 39.3 Å². The summed E-state index contributed by atoms with van der Waals surface area (Å²) < 4.78 is 25.8. The maximum absolute atomic E-state index is 12.6. The standard InChI is InChI=1S/C24H30N4O3S2/c1-4-33(30,31)21-8-6-5-7-19(21)23(29)25-9-10-27-11-13-28(14-12-27)24-26-22-18(3)15-17(2)16-20(22)32-24/h5-8,15-16H,4,9-14H2,1-3H3,(H,25,29). The van der Waals surface area contributed by atoms with Gasteiger partial charge in [0.15, 0.2) is 15.0 Å². The summed E-state index contributed by atoms with van der Waals surface area (Å²) in [6, 6.07) is 10.8. The van der Waals surface area contributed by atoms with E-state index in [0.717, 1.165) is 43.4 Å². The number of amides is 1. The van der Waals surface area contributed by atoms with Crippen LogP contribution < -0.4 is 10.2 Å². The van der Waals surface area contributed by atoms with E-state index >= 15 is 0 Å². The number of aryl methyl sites for hydroxylation is 2. The van der Waals surface area contributed by atoms with Crippen LogP contribution in [0, 0.1) is 13.8 Å². The van der Waals surface area contributed by atoms with E-state index in [1.165, 1.54) is 21.9 Å². The molecule has 1 saturated heterocycles. The van der Waals surface area contributed by atoms with E-state index in [0.29, 0.717) is 6.54 Å². The number of carbonyl (C=O) groups is 1. The lowest BCUT2D eigenvalue weighted by Gasteiger charge is -2.34. The number of thiazole rings is 1. The summed E-state index contributed by atoms with van der Waals surface area (Å²) in [6.45, 7) is 10.6. The van der Waals surface area contributed by atoms with Gasteiger partial charge in [-0.25, -0.2) is 13.4 Å². The number of hydrogen-bond acceptors (Lipinski definition) is 7. The van der Waals surface area contributed by atoms with Gasteiger partial charge in [-0.1, -0.05) is 36.5 Å². The number of aromatic nitrogens is 1. The lowest BCUT2D eigenvalue weighted by Crippen LogP contribution is -2.48. The smallest absolute Gasteiger partial charge is 0.252 e. The lowest BCUT2D eigenvalue weighted by atomic mass is 10.1. The van der Waals surface area contributed by atoms with E-state index in [2.05, 4.69) is 41.1 Å². The topological polar surface area (TPSA) is 82.6 Å². The number of benzene rings is 2. The Kier molecular flexibility index (Phi) is 7.02. The number of piperazine rings is 1. The van der Waals surface area contributed by atoms with Crippen LogP contribution in [0.2, 0.25) is 0 Å². The second-order valence-corrected chi connectivity index (χ2v) is 11.7. The highest BCUT2D eigenvalue weighted by Crippen LogP contribution is 2.32. The van der Waals surface area contributed by atoms with Crippen LogP contribution in [-0.2, 0) is 9.84 Å². The molecule has 0 atom stereocenters. The molecule has 7 nitrogen and oxygen atoms in total. The summed E-state index contributed by atoms with van der Waals surface area (Å²) in [5.41, 5.74) is 3.79. The van der Waals surface area contributed by atoms with Crippen molar-refractivity contribution < 1.29 is 13.2 Å². The molecule has 1 aliphatic heterocycles. The quantitative estimate of drug-likeness (QED) is 0.552. The van der Waals surface area contributed by atoms with Crippen molar-refractivity contribution in [2.24, 2.45) is 0 Å². The Balaban J connectivity index is 1.30. The highest BCUT2D eigenvalue weighted by molar-refractivity contribution is 7.91. The first kappa shape index (κ1) is 23.7. The molecule has 0 saturated carbocycles. The largest absolute Gasteiger partial charge is 0.351 e. The third-order valence-electron chi connectivity index (χ3n) is 6.02. The van der Waals surface area contributed by atoms with Gasteiger partial charge in [-0.3, -0.25) is 9.69 Å². The minimum Gasteiger partial charge on any atom is -0.351 e. The molecule has 4 rings (SSSR count). The van der Waals surface area contributed by atoms with E-state index < -0.39 is 9.84 Å². The zero-order valence-electron chi connectivity index (χ0n) is 19.3. The van der Waals surface area contributed by atoms with Crippen LogP contribution in [0.15, 0.2) is 41.3 Å². The van der Waals surface area contributed by atoms with Gasteiger partial charge >= 0.3 is 0 Å². The van der Waals surface area contributed by atoms with Gasteiger partial charge in [0.25, 0.3) is 5.91 Å². The molecule has 2 heterocycles. The minimum absolute atomic E-state index is 0.0323. The fourth-order valence-corrected chi connectivity index (χ4v) is 6.45. The molecular weight excluding hydrogens is 456 g/mol. The van der Waals surface area contributed by atoms with E-state index in [4.69, 9.17) is 4.98 Å². The predicted octanol–water partition coefficient (Wildman–Crippen LogP) is 3.26. The van der Waals surface area contributed by atoms with Crippen molar-refractivity contribution in [3.05, 3.63) is 53.1 Å². The van der Waals surface area contributed by atoms with Crippen molar-refractivity contribution in [2.45, 2.75) is 25.7 Å². The summed E-state index contributed by atoms with van der Waals surface area (Å²) in [7, 11) is -3.45. The van der Waals surface area contributed by atoms with Crippen LogP contribution in [0.1, 0.15) is 28.4 Å². The Morgan fingerprint density at radius 3 is 2.58 bits per heavy atom. The maximum atomic E-state index is 12.6. The number of sulfone groups is 1. The fourth-order valence-electron chi connectivity index (χ4n) is 4.16. The van der Waals surface area contributed by atoms with Crippen LogP contribution in [0.4, 0.5) is 5.13 Å². The molecule has 0 spiro atoms. The van der Waals surface area contributed by atoms with Crippen molar-refractivity contribution in [2.75, 3.05) is 49.9 Å². The molecule has 33 heavy (non-hydrogen) atoms. The summed E-state index contributed by atoms with van der Waals surface area (Å²) in [6.07, 6.45) is 0. The third-order valence-corrected chi connectivity index (χ3v) is 8.87. The number of hydrogen-bond donors (Lipinski definition) is 1. The second-order valence-electron chi connectivity index (χ2n) is 8.41. The zero-order chi connectivity index (χ0) is 23.6. The van der Waals surface area contributed by atoms with Gasteiger partial charge in [-0.2, -0.15) is 0 Å². The number of fused-ring (bicyclic) bond motifs is 1. The average molecular weight is 487 g/mol. The summed E-state index contributed by atoms with van der Waals surface area (Å²) >= 11 is 1.75. The van der Waals surface area contributed by atoms with E-state index in [-0.39, 0.29) is 22.1 Å². The van der Waals surface area contributed by atoms with Crippen molar-refractivity contribution in [1.82, 2.24) is 15.2 Å². The van der Waals surface area contributed by atoms with Crippen LogP contribution in [-0.4, -0.2) is 69.2 Å². The Morgan fingerprint density at radius 1 is 1.12 bits per heavy atom. The van der Waals surface area contributed by atoms with Gasteiger partial charge in [0.1, 0.15) is 0 Å². The molecule has 1 fully saturated rings. The molecule has 1 amide bonds. The van der Waals surface area contributed by atoms with Crippen molar-refractivity contribution in [1.29, 1.82) is 0 Å². The third kappa shape index (κ3) is 5.20. The van der Waals surface area contributed by atoms with Crippen molar-refractivity contribution in [3.63, 3.8) is 0 Å². The fraction of sp³-hybridized carbons (Fsp3) is 0.417. The SMILES string of the molecule is CCS(=O)(=O)c1ccccc1C(=O)NCCN1CCN(c2nc3c(C)cc(C)cc3s2)CC1. The van der Waals surface area contributed by atoms with E-state index in [9.17, 15) is 13.2 Å². The second kappa shape index (κ2) is 9.79. The van der Waals surface area contributed by atoms with Gasteiger partial charge in [0.05, 0.1) is 26.4 Å². The van der Waals surface area contributed by atoms with E-state index in [1.807, 2.05) is 0 Å². The maximum Gasteiger partial charge on any atom is 0.252 e. The molecule has 0 aliphatic carbocycles. The van der Waals surface area contributed by atoms with E-state index in [1.54, 1.807) is 36.5 Å². The van der Waals surface area contributed by atoms with Crippen molar-refractivity contribution in [3.8, 4) is 0 Å². The number of rotatable bonds is 7. The minimum atomic E-state index is -3.45. The Morgan fingerprint density at radius 2 is 1.85 bits per heavy atom. The molecule has 1 N–H and O–H groups in total. The van der Waals surface area contributed by atoms with Gasteiger partial charge in [-0.05, 0) is 43.2 Å². The molecule has 0 bridgehead atoms. The van der Waals surface area contributed by atoms with Gasteiger partial charge < -0.3 is 10.2 Å². The molecule has 1 aromatic heterocycles. The average Bonchev–Trinajstić information content (AvgIpc) is 3.24. The zero-order valence-corrected chi connectivity index (χ0v) is 20.9. The van der Waals surface area contributed by atoms with Crippen LogP contribution in [0.3, 0.4) is 0 Å².